The molecule has 0 bridgehead atoms. The number of rotatable bonds is 18. The van der Waals surface area contributed by atoms with E-state index in [9.17, 15) is 0 Å². The summed E-state index contributed by atoms with van der Waals surface area (Å²) >= 11 is 1.83. The first-order chi connectivity index (χ1) is 19.3. The Morgan fingerprint density at radius 1 is 0.744 bits per heavy atom. The Morgan fingerprint density at radius 2 is 1.41 bits per heavy atom. The van der Waals surface area contributed by atoms with Crippen LogP contribution in [0, 0.1) is 0 Å². The van der Waals surface area contributed by atoms with E-state index in [0.717, 1.165) is 31.0 Å². The Balaban J connectivity index is 1.21. The third-order valence-corrected chi connectivity index (χ3v) is 8.17. The first-order valence-electron chi connectivity index (χ1n) is 14.6. The first kappa shape index (κ1) is 29.7. The molecule has 3 aromatic rings. The number of ether oxygens (including phenoxy) is 4. The standard InChI is InChI=1S/C34H44O4S/c1-2-3-4-5-6-13-22-36-31-20-18-30(19-21-31)27-39-34-23-32(37-25-29-16-11-8-12-17-29)33(38-34)26-35-24-28-14-9-7-10-15-28/h7-12,14-21,32-34H,2-6,13,22-27H2,1H3/t32-,33+,34?/m0/s1. The molecule has 1 heterocycles. The molecule has 1 aliphatic heterocycles. The van der Waals surface area contributed by atoms with E-state index < -0.39 is 0 Å². The van der Waals surface area contributed by atoms with Crippen LogP contribution in [0.3, 0.4) is 0 Å². The van der Waals surface area contributed by atoms with Crippen LogP contribution in [0.25, 0.3) is 0 Å². The van der Waals surface area contributed by atoms with Crippen molar-refractivity contribution in [1.82, 2.24) is 0 Å². The molecule has 0 N–H and O–H groups in total. The van der Waals surface area contributed by atoms with Crippen LogP contribution < -0.4 is 4.74 Å². The molecular weight excluding hydrogens is 504 g/mol. The molecule has 210 valence electrons. The second-order valence-electron chi connectivity index (χ2n) is 10.2. The lowest BCUT2D eigenvalue weighted by Gasteiger charge is -2.19. The Bertz CT molecular complexity index is 1030. The monoisotopic (exact) mass is 548 g/mol. The summed E-state index contributed by atoms with van der Waals surface area (Å²) < 4.78 is 24.8. The van der Waals surface area contributed by atoms with Gasteiger partial charge in [0.05, 0.1) is 32.5 Å². The van der Waals surface area contributed by atoms with Crippen molar-refractivity contribution < 1.29 is 18.9 Å². The van der Waals surface area contributed by atoms with Crippen LogP contribution in [0.5, 0.6) is 5.75 Å². The Hall–Kier alpha value is -2.31. The fourth-order valence-electron chi connectivity index (χ4n) is 4.70. The number of hydrogen-bond donors (Lipinski definition) is 0. The Labute approximate surface area is 239 Å². The largest absolute Gasteiger partial charge is 0.494 e. The van der Waals surface area contributed by atoms with E-state index in [4.69, 9.17) is 18.9 Å². The molecule has 4 nitrogen and oxygen atoms in total. The molecule has 0 saturated carbocycles. The van der Waals surface area contributed by atoms with Crippen molar-refractivity contribution in [3.05, 3.63) is 102 Å². The van der Waals surface area contributed by atoms with Crippen LogP contribution in [-0.4, -0.2) is 30.9 Å². The van der Waals surface area contributed by atoms with Gasteiger partial charge in [0.25, 0.3) is 0 Å². The summed E-state index contributed by atoms with van der Waals surface area (Å²) in [6.45, 7) is 4.74. The van der Waals surface area contributed by atoms with Gasteiger partial charge in [-0.1, -0.05) is 112 Å². The minimum absolute atomic E-state index is 0.0104. The van der Waals surface area contributed by atoms with Crippen LogP contribution in [-0.2, 0) is 33.2 Å². The summed E-state index contributed by atoms with van der Waals surface area (Å²) in [6.07, 6.45) is 8.47. The van der Waals surface area contributed by atoms with Crippen molar-refractivity contribution in [3.63, 3.8) is 0 Å². The summed E-state index contributed by atoms with van der Waals surface area (Å²) in [5, 5.41) is 0. The van der Waals surface area contributed by atoms with Crippen LogP contribution >= 0.6 is 11.8 Å². The number of unbranched alkanes of at least 4 members (excludes halogenated alkanes) is 5. The molecule has 5 heteroatoms. The SMILES string of the molecule is CCCCCCCCOc1ccc(CSC2C[C@H](OCc3ccccc3)[C@@H](COCc3ccccc3)O2)cc1. The van der Waals surface area contributed by atoms with Gasteiger partial charge in [-0.2, -0.15) is 0 Å². The van der Waals surface area contributed by atoms with E-state index in [-0.39, 0.29) is 17.6 Å². The van der Waals surface area contributed by atoms with E-state index in [1.807, 2.05) is 48.2 Å². The van der Waals surface area contributed by atoms with E-state index in [0.29, 0.717) is 19.8 Å². The highest BCUT2D eigenvalue weighted by atomic mass is 32.2. The van der Waals surface area contributed by atoms with Gasteiger partial charge in [-0.15, -0.1) is 11.8 Å². The van der Waals surface area contributed by atoms with Crippen LogP contribution in [0.2, 0.25) is 0 Å². The van der Waals surface area contributed by atoms with E-state index in [2.05, 4.69) is 55.5 Å². The van der Waals surface area contributed by atoms with Crippen LogP contribution in [0.1, 0.15) is 68.6 Å². The van der Waals surface area contributed by atoms with Crippen molar-refractivity contribution in [2.75, 3.05) is 13.2 Å². The fourth-order valence-corrected chi connectivity index (χ4v) is 5.81. The summed E-state index contributed by atoms with van der Waals surface area (Å²) in [5.74, 6) is 1.85. The Kier molecular flexibility index (Phi) is 13.2. The minimum atomic E-state index is -0.0762. The highest BCUT2D eigenvalue weighted by Crippen LogP contribution is 2.33. The smallest absolute Gasteiger partial charge is 0.119 e. The zero-order chi connectivity index (χ0) is 27.0. The van der Waals surface area contributed by atoms with Gasteiger partial charge < -0.3 is 18.9 Å². The van der Waals surface area contributed by atoms with Crippen molar-refractivity contribution in [2.24, 2.45) is 0 Å². The van der Waals surface area contributed by atoms with Gasteiger partial charge in [0.1, 0.15) is 17.3 Å². The summed E-state index contributed by atoms with van der Waals surface area (Å²) in [5.41, 5.74) is 3.71. The molecule has 3 atom stereocenters. The zero-order valence-corrected chi connectivity index (χ0v) is 24.2. The molecular formula is C34H44O4S. The third kappa shape index (κ3) is 11.0. The molecule has 3 aromatic carbocycles. The molecule has 1 aliphatic rings. The van der Waals surface area contributed by atoms with Gasteiger partial charge in [-0.25, -0.2) is 0 Å². The molecule has 0 radical (unpaired) electrons. The van der Waals surface area contributed by atoms with Gasteiger partial charge >= 0.3 is 0 Å². The topological polar surface area (TPSA) is 36.9 Å². The lowest BCUT2D eigenvalue weighted by Crippen LogP contribution is -2.29. The summed E-state index contributed by atoms with van der Waals surface area (Å²) in [7, 11) is 0. The van der Waals surface area contributed by atoms with Crippen LogP contribution in [0.4, 0.5) is 0 Å². The average Bonchev–Trinajstić information content (AvgIpc) is 3.38. The molecule has 4 rings (SSSR count). The summed E-state index contributed by atoms with van der Waals surface area (Å²) in [4.78, 5) is 0. The van der Waals surface area contributed by atoms with Gasteiger partial charge in [0, 0.05) is 12.2 Å². The van der Waals surface area contributed by atoms with Crippen molar-refractivity contribution in [2.45, 2.75) is 88.5 Å². The summed E-state index contributed by atoms with van der Waals surface area (Å²) in [6, 6.07) is 29.1. The normalized spacial score (nSPS) is 18.8. The van der Waals surface area contributed by atoms with Crippen LogP contribution in [0.15, 0.2) is 84.9 Å². The van der Waals surface area contributed by atoms with E-state index >= 15 is 0 Å². The van der Waals surface area contributed by atoms with Crippen molar-refractivity contribution in [3.8, 4) is 5.75 Å². The number of thioether (sulfide) groups is 1. The average molecular weight is 549 g/mol. The Morgan fingerprint density at radius 3 is 2.13 bits per heavy atom. The third-order valence-electron chi connectivity index (χ3n) is 6.99. The fraction of sp³-hybridized carbons (Fsp3) is 0.471. The highest BCUT2D eigenvalue weighted by Gasteiger charge is 2.36. The van der Waals surface area contributed by atoms with Crippen molar-refractivity contribution in [1.29, 1.82) is 0 Å². The van der Waals surface area contributed by atoms with Gasteiger partial charge in [-0.05, 0) is 35.2 Å². The van der Waals surface area contributed by atoms with Gasteiger partial charge in [0.2, 0.25) is 0 Å². The second kappa shape index (κ2) is 17.4. The number of benzene rings is 3. The van der Waals surface area contributed by atoms with E-state index in [1.165, 1.54) is 48.8 Å². The quantitative estimate of drug-likeness (QED) is 0.149. The molecule has 0 spiro atoms. The molecule has 1 unspecified atom stereocenters. The molecule has 0 aliphatic carbocycles. The molecule has 1 fully saturated rings. The zero-order valence-electron chi connectivity index (χ0n) is 23.3. The predicted molar refractivity (Wildman–Crippen MR) is 161 cm³/mol. The molecule has 0 amide bonds. The maximum absolute atomic E-state index is 6.43. The maximum Gasteiger partial charge on any atom is 0.119 e. The molecule has 39 heavy (non-hydrogen) atoms. The molecule has 1 saturated heterocycles. The molecule has 0 aromatic heterocycles. The highest BCUT2D eigenvalue weighted by molar-refractivity contribution is 7.99. The predicted octanol–water partition coefficient (Wildman–Crippen LogP) is 8.58. The second-order valence-corrected chi connectivity index (χ2v) is 11.4. The van der Waals surface area contributed by atoms with Gasteiger partial charge in [-0.3, -0.25) is 0 Å². The number of hydrogen-bond acceptors (Lipinski definition) is 5. The maximum atomic E-state index is 6.43. The lowest BCUT2D eigenvalue weighted by atomic mass is 10.1. The first-order valence-corrected chi connectivity index (χ1v) is 15.6. The van der Waals surface area contributed by atoms with Gasteiger partial charge in [0.15, 0.2) is 0 Å². The minimum Gasteiger partial charge on any atom is -0.494 e. The lowest BCUT2D eigenvalue weighted by molar-refractivity contribution is -0.0623. The van der Waals surface area contributed by atoms with Crippen molar-refractivity contribution >= 4 is 11.8 Å². The van der Waals surface area contributed by atoms with E-state index in [1.54, 1.807) is 0 Å².